The van der Waals surface area contributed by atoms with Crippen LogP contribution >= 0.6 is 0 Å². The van der Waals surface area contributed by atoms with Crippen LogP contribution in [0.5, 0.6) is 0 Å². The van der Waals surface area contributed by atoms with Gasteiger partial charge in [0.15, 0.2) is 6.10 Å². The maximum absolute atomic E-state index is 13.5. The van der Waals surface area contributed by atoms with Gasteiger partial charge in [0.1, 0.15) is 6.17 Å². The van der Waals surface area contributed by atoms with E-state index in [2.05, 4.69) is 11.7 Å². The second-order valence-electron chi connectivity index (χ2n) is 6.52. The number of carbonyl (C=O) groups is 1. The molecule has 138 valence electrons. The first kappa shape index (κ1) is 22.4. The minimum Gasteiger partial charge on any atom is -0.467 e. The predicted octanol–water partition coefficient (Wildman–Crippen LogP) is 5.34. The van der Waals surface area contributed by atoms with E-state index in [1.54, 1.807) is 0 Å². The largest absolute Gasteiger partial charge is 0.467 e. The van der Waals surface area contributed by atoms with Gasteiger partial charge in [0.25, 0.3) is 0 Å². The molecule has 3 nitrogen and oxygen atoms in total. The van der Waals surface area contributed by atoms with E-state index in [0.29, 0.717) is 6.42 Å². The van der Waals surface area contributed by atoms with E-state index in [1.807, 2.05) is 0 Å². The van der Waals surface area contributed by atoms with Crippen LogP contribution in [0.3, 0.4) is 0 Å². The molecular weight excluding hydrogens is 295 g/mol. The number of ether oxygens (including phenoxy) is 1. The fourth-order valence-electron chi connectivity index (χ4n) is 2.78. The van der Waals surface area contributed by atoms with Crippen molar-refractivity contribution in [2.75, 3.05) is 7.11 Å². The monoisotopic (exact) mass is 332 g/mol. The second kappa shape index (κ2) is 16.2. The fraction of sp³-hybridized carbons (Fsp3) is 0.947. The van der Waals surface area contributed by atoms with Gasteiger partial charge in [0.2, 0.25) is 0 Å². The molecule has 0 fully saturated rings. The van der Waals surface area contributed by atoms with Crippen LogP contribution in [-0.4, -0.2) is 30.5 Å². The van der Waals surface area contributed by atoms with Crippen LogP contribution in [0.25, 0.3) is 0 Å². The van der Waals surface area contributed by atoms with E-state index >= 15 is 0 Å². The molecule has 2 atom stereocenters. The number of rotatable bonds is 16. The SMILES string of the molecule is CCCCCCCCCCCCCCC[C@@H](F)[C@@H](O)C(=O)OC. The molecule has 0 heterocycles. The van der Waals surface area contributed by atoms with Crippen molar-refractivity contribution in [2.24, 2.45) is 0 Å². The molecule has 0 aromatic rings. The maximum Gasteiger partial charge on any atom is 0.337 e. The van der Waals surface area contributed by atoms with Crippen molar-refractivity contribution in [1.29, 1.82) is 0 Å². The zero-order valence-electron chi connectivity index (χ0n) is 15.2. The number of hydrogen-bond acceptors (Lipinski definition) is 3. The molecule has 4 heteroatoms. The molecule has 1 N–H and O–H groups in total. The smallest absolute Gasteiger partial charge is 0.337 e. The summed E-state index contributed by atoms with van der Waals surface area (Å²) < 4.78 is 17.8. The third-order valence-electron chi connectivity index (χ3n) is 4.37. The number of halogens is 1. The van der Waals surface area contributed by atoms with Gasteiger partial charge < -0.3 is 9.84 Å². The van der Waals surface area contributed by atoms with Gasteiger partial charge >= 0.3 is 5.97 Å². The molecule has 23 heavy (non-hydrogen) atoms. The highest BCUT2D eigenvalue weighted by Gasteiger charge is 2.25. The van der Waals surface area contributed by atoms with Crippen molar-refractivity contribution >= 4 is 5.97 Å². The Bertz CT molecular complexity index is 271. The van der Waals surface area contributed by atoms with Crippen LogP contribution < -0.4 is 0 Å². The van der Waals surface area contributed by atoms with Crippen LogP contribution in [0.15, 0.2) is 0 Å². The number of esters is 1. The van der Waals surface area contributed by atoms with E-state index in [4.69, 9.17) is 0 Å². The van der Waals surface area contributed by atoms with Gasteiger partial charge in [-0.25, -0.2) is 9.18 Å². The summed E-state index contributed by atoms with van der Waals surface area (Å²) in [6.07, 6.45) is 13.2. The third kappa shape index (κ3) is 13.5. The number of carbonyl (C=O) groups excluding carboxylic acids is 1. The average molecular weight is 332 g/mol. The highest BCUT2D eigenvalue weighted by Crippen LogP contribution is 2.15. The fourth-order valence-corrected chi connectivity index (χ4v) is 2.78. The molecule has 0 aliphatic carbocycles. The summed E-state index contributed by atoms with van der Waals surface area (Å²) in [6.45, 7) is 2.25. The van der Waals surface area contributed by atoms with Crippen molar-refractivity contribution < 1.29 is 19.0 Å². The number of alkyl halides is 1. The first-order valence-electron chi connectivity index (χ1n) is 9.53. The molecule has 0 aliphatic heterocycles. The summed E-state index contributed by atoms with van der Waals surface area (Å²) in [5.74, 6) is -0.882. The van der Waals surface area contributed by atoms with Gasteiger partial charge in [-0.15, -0.1) is 0 Å². The normalized spacial score (nSPS) is 13.7. The molecule has 0 aromatic carbocycles. The molecule has 0 bridgehead atoms. The van der Waals surface area contributed by atoms with Crippen molar-refractivity contribution in [1.82, 2.24) is 0 Å². The highest BCUT2D eigenvalue weighted by molar-refractivity contribution is 5.74. The molecule has 0 aromatic heterocycles. The number of unbranched alkanes of at least 4 members (excludes halogenated alkanes) is 12. The van der Waals surface area contributed by atoms with E-state index < -0.39 is 18.2 Å². The summed E-state index contributed by atoms with van der Waals surface area (Å²) in [5, 5.41) is 9.33. The van der Waals surface area contributed by atoms with Crippen LogP contribution in [0, 0.1) is 0 Å². The molecule has 0 rings (SSSR count). The van der Waals surface area contributed by atoms with Crippen LogP contribution in [0.4, 0.5) is 4.39 Å². The molecular formula is C19H37FO3. The summed E-state index contributed by atoms with van der Waals surface area (Å²) >= 11 is 0. The Labute approximate surface area is 142 Å². The average Bonchev–Trinajstić information content (AvgIpc) is 2.57. The Morgan fingerprint density at radius 1 is 0.870 bits per heavy atom. The lowest BCUT2D eigenvalue weighted by Crippen LogP contribution is -2.31. The highest BCUT2D eigenvalue weighted by atomic mass is 19.1. The number of aliphatic hydroxyl groups is 1. The van der Waals surface area contributed by atoms with Crippen LogP contribution in [0.2, 0.25) is 0 Å². The molecule has 0 amide bonds. The molecule has 0 aliphatic rings. The van der Waals surface area contributed by atoms with Crippen LogP contribution in [-0.2, 0) is 9.53 Å². The number of methoxy groups -OCH3 is 1. The third-order valence-corrected chi connectivity index (χ3v) is 4.37. The minimum atomic E-state index is -1.63. The quantitative estimate of drug-likeness (QED) is 0.306. The van der Waals surface area contributed by atoms with E-state index in [0.717, 1.165) is 20.0 Å². The van der Waals surface area contributed by atoms with Gasteiger partial charge in [-0.05, 0) is 6.42 Å². The zero-order valence-corrected chi connectivity index (χ0v) is 15.2. The summed E-state index contributed by atoms with van der Waals surface area (Å²) in [5.41, 5.74) is 0. The Hall–Kier alpha value is -0.640. The molecule has 0 unspecified atom stereocenters. The lowest BCUT2D eigenvalue weighted by Gasteiger charge is -2.13. The van der Waals surface area contributed by atoms with Crippen molar-refractivity contribution in [3.8, 4) is 0 Å². The van der Waals surface area contributed by atoms with Gasteiger partial charge in [0.05, 0.1) is 7.11 Å². The van der Waals surface area contributed by atoms with Gasteiger partial charge in [0, 0.05) is 0 Å². The van der Waals surface area contributed by atoms with E-state index in [9.17, 15) is 14.3 Å². The topological polar surface area (TPSA) is 46.5 Å². The Kier molecular flexibility index (Phi) is 15.8. The minimum absolute atomic E-state index is 0.230. The Morgan fingerprint density at radius 2 is 1.26 bits per heavy atom. The van der Waals surface area contributed by atoms with Gasteiger partial charge in [-0.2, -0.15) is 0 Å². The van der Waals surface area contributed by atoms with Gasteiger partial charge in [-0.3, -0.25) is 0 Å². The second-order valence-corrected chi connectivity index (χ2v) is 6.52. The van der Waals surface area contributed by atoms with Gasteiger partial charge in [-0.1, -0.05) is 90.4 Å². The first-order chi connectivity index (χ1) is 11.1. The molecule has 0 radical (unpaired) electrons. The lowest BCUT2D eigenvalue weighted by molar-refractivity contribution is -0.154. The summed E-state index contributed by atoms with van der Waals surface area (Å²) in [4.78, 5) is 11.0. The number of aliphatic hydroxyl groups excluding tert-OH is 1. The van der Waals surface area contributed by atoms with Crippen molar-refractivity contribution in [2.45, 2.75) is 109 Å². The van der Waals surface area contributed by atoms with Crippen molar-refractivity contribution in [3.05, 3.63) is 0 Å². The van der Waals surface area contributed by atoms with E-state index in [1.165, 1.54) is 64.2 Å². The van der Waals surface area contributed by atoms with E-state index in [-0.39, 0.29) is 6.42 Å². The number of hydrogen-bond donors (Lipinski definition) is 1. The standard InChI is InChI=1S/C19H37FO3/c1-3-4-5-6-7-8-9-10-11-12-13-14-15-16-17(20)18(21)19(22)23-2/h17-18,21H,3-16H2,1-2H3/t17-,18-/m1/s1. The Morgan fingerprint density at radius 3 is 1.65 bits per heavy atom. The van der Waals surface area contributed by atoms with Crippen LogP contribution in [0.1, 0.15) is 96.8 Å². The zero-order chi connectivity index (χ0) is 17.3. The molecule has 0 saturated heterocycles. The summed E-state index contributed by atoms with van der Waals surface area (Å²) in [6, 6.07) is 0. The maximum atomic E-state index is 13.5. The first-order valence-corrected chi connectivity index (χ1v) is 9.53. The molecule has 0 saturated carbocycles. The van der Waals surface area contributed by atoms with Crippen molar-refractivity contribution in [3.63, 3.8) is 0 Å². The lowest BCUT2D eigenvalue weighted by atomic mass is 10.0. The Balaban J connectivity index is 3.26. The predicted molar refractivity (Wildman–Crippen MR) is 93.2 cm³/mol. The molecule has 0 spiro atoms. The summed E-state index contributed by atoms with van der Waals surface area (Å²) in [7, 11) is 1.16.